The molecule has 0 aromatic heterocycles. The van der Waals surface area contributed by atoms with Gasteiger partial charge in [0.05, 0.1) is 6.54 Å². The van der Waals surface area contributed by atoms with E-state index in [9.17, 15) is 9.59 Å². The Morgan fingerprint density at radius 1 is 1.00 bits per heavy atom. The molecule has 1 aliphatic heterocycles. The Balaban J connectivity index is 1.72. The van der Waals surface area contributed by atoms with Crippen LogP contribution in [-0.4, -0.2) is 22.4 Å². The smallest absolute Gasteiger partial charge is 0.323 e. The Morgan fingerprint density at radius 3 is 2.38 bits per heavy atom. The highest BCUT2D eigenvalue weighted by Crippen LogP contribution is 2.25. The number of nitrogens with one attached hydrogen (secondary N) is 1. The number of benzene rings is 2. The number of aryl methyl sites for hydroxylation is 2. The van der Waals surface area contributed by atoms with Crippen LogP contribution >= 0.6 is 0 Å². The highest BCUT2D eigenvalue weighted by Gasteiger charge is 2.47. The fourth-order valence-electron chi connectivity index (χ4n) is 3.06. The van der Waals surface area contributed by atoms with Crippen LogP contribution in [0.1, 0.15) is 30.0 Å². The van der Waals surface area contributed by atoms with Crippen LogP contribution in [0.15, 0.2) is 54.6 Å². The Morgan fingerprint density at radius 2 is 1.67 bits per heavy atom. The van der Waals surface area contributed by atoms with Crippen LogP contribution in [0.4, 0.5) is 4.79 Å². The molecule has 2 aromatic rings. The van der Waals surface area contributed by atoms with Gasteiger partial charge in [0.25, 0.3) is 5.91 Å². The molecule has 0 radical (unpaired) electrons. The summed E-state index contributed by atoms with van der Waals surface area (Å²) in [6.07, 6.45) is 1.34. The number of imide groups is 1. The zero-order chi connectivity index (χ0) is 17.2. The Bertz CT molecular complexity index is 757. The van der Waals surface area contributed by atoms with Crippen LogP contribution in [0.25, 0.3) is 0 Å². The van der Waals surface area contributed by atoms with E-state index in [0.29, 0.717) is 13.0 Å². The standard InChI is InChI=1S/C20H22N2O2/c1-15-8-6-7-11-17(15)14-22-18(23)20(2,21-19(22)24)13-12-16-9-4-3-5-10-16/h3-11H,12-14H2,1-2H3,(H,21,24)/t20-/m0/s1. The van der Waals surface area contributed by atoms with Gasteiger partial charge in [0.15, 0.2) is 0 Å². The molecule has 3 rings (SSSR count). The molecule has 1 N–H and O–H groups in total. The number of rotatable bonds is 5. The van der Waals surface area contributed by atoms with Crippen molar-refractivity contribution in [3.05, 3.63) is 71.3 Å². The second kappa shape index (κ2) is 6.48. The number of nitrogens with zero attached hydrogens (tertiary/aromatic N) is 1. The summed E-state index contributed by atoms with van der Waals surface area (Å²) in [6.45, 7) is 4.12. The average molecular weight is 322 g/mol. The molecular formula is C20H22N2O2. The average Bonchev–Trinajstić information content (AvgIpc) is 2.80. The van der Waals surface area contributed by atoms with Gasteiger partial charge in [-0.3, -0.25) is 9.69 Å². The lowest BCUT2D eigenvalue weighted by Crippen LogP contribution is -2.44. The first kappa shape index (κ1) is 16.2. The molecule has 0 bridgehead atoms. The van der Waals surface area contributed by atoms with Crippen molar-refractivity contribution in [2.75, 3.05) is 0 Å². The first-order valence-corrected chi connectivity index (χ1v) is 8.22. The lowest BCUT2D eigenvalue weighted by Gasteiger charge is -2.22. The third-order valence-electron chi connectivity index (χ3n) is 4.69. The molecule has 1 atom stereocenters. The van der Waals surface area contributed by atoms with E-state index in [1.165, 1.54) is 4.90 Å². The van der Waals surface area contributed by atoms with Gasteiger partial charge in [0.2, 0.25) is 0 Å². The maximum Gasteiger partial charge on any atom is 0.325 e. The molecule has 124 valence electrons. The summed E-state index contributed by atoms with van der Waals surface area (Å²) >= 11 is 0. The van der Waals surface area contributed by atoms with E-state index in [2.05, 4.69) is 5.32 Å². The summed E-state index contributed by atoms with van der Waals surface area (Å²) in [5.41, 5.74) is 2.40. The van der Waals surface area contributed by atoms with E-state index >= 15 is 0 Å². The molecule has 2 aromatic carbocycles. The third kappa shape index (κ3) is 3.18. The van der Waals surface area contributed by atoms with Gasteiger partial charge in [-0.25, -0.2) is 4.79 Å². The maximum absolute atomic E-state index is 12.8. The summed E-state index contributed by atoms with van der Waals surface area (Å²) < 4.78 is 0. The van der Waals surface area contributed by atoms with Crippen LogP contribution in [-0.2, 0) is 17.8 Å². The number of amides is 3. The largest absolute Gasteiger partial charge is 0.325 e. The molecule has 1 aliphatic rings. The van der Waals surface area contributed by atoms with Gasteiger partial charge < -0.3 is 5.32 Å². The van der Waals surface area contributed by atoms with Gasteiger partial charge in [-0.1, -0.05) is 54.6 Å². The van der Waals surface area contributed by atoms with E-state index in [1.807, 2.05) is 68.4 Å². The zero-order valence-electron chi connectivity index (χ0n) is 14.1. The van der Waals surface area contributed by atoms with Crippen LogP contribution in [0.2, 0.25) is 0 Å². The van der Waals surface area contributed by atoms with E-state index in [1.54, 1.807) is 0 Å². The van der Waals surface area contributed by atoms with Crippen molar-refractivity contribution in [3.63, 3.8) is 0 Å². The van der Waals surface area contributed by atoms with Gasteiger partial charge in [0.1, 0.15) is 5.54 Å². The molecule has 24 heavy (non-hydrogen) atoms. The zero-order valence-corrected chi connectivity index (χ0v) is 14.1. The molecule has 4 nitrogen and oxygen atoms in total. The van der Waals surface area contributed by atoms with Gasteiger partial charge in [0, 0.05) is 0 Å². The Labute approximate surface area is 142 Å². The van der Waals surface area contributed by atoms with Crippen LogP contribution in [0, 0.1) is 6.92 Å². The number of hydrogen-bond donors (Lipinski definition) is 1. The van der Waals surface area contributed by atoms with Crippen molar-refractivity contribution in [1.82, 2.24) is 10.2 Å². The minimum absolute atomic E-state index is 0.147. The normalized spacial score (nSPS) is 20.3. The predicted octanol–water partition coefficient (Wildman–Crippen LogP) is 3.44. The third-order valence-corrected chi connectivity index (χ3v) is 4.69. The maximum atomic E-state index is 12.8. The summed E-state index contributed by atoms with van der Waals surface area (Å²) in [7, 11) is 0. The molecule has 1 saturated heterocycles. The second-order valence-corrected chi connectivity index (χ2v) is 6.57. The van der Waals surface area contributed by atoms with Gasteiger partial charge in [-0.15, -0.1) is 0 Å². The predicted molar refractivity (Wildman–Crippen MR) is 93.4 cm³/mol. The highest BCUT2D eigenvalue weighted by molar-refractivity contribution is 6.06. The highest BCUT2D eigenvalue weighted by atomic mass is 16.2. The quantitative estimate of drug-likeness (QED) is 0.857. The van der Waals surface area contributed by atoms with Gasteiger partial charge in [-0.2, -0.15) is 0 Å². The van der Waals surface area contributed by atoms with Crippen molar-refractivity contribution in [2.24, 2.45) is 0 Å². The molecular weight excluding hydrogens is 300 g/mol. The van der Waals surface area contributed by atoms with E-state index < -0.39 is 5.54 Å². The van der Waals surface area contributed by atoms with Gasteiger partial charge in [-0.05, 0) is 43.4 Å². The van der Waals surface area contributed by atoms with Crippen LogP contribution in [0.3, 0.4) is 0 Å². The topological polar surface area (TPSA) is 49.4 Å². The van der Waals surface area contributed by atoms with E-state index in [-0.39, 0.29) is 11.9 Å². The van der Waals surface area contributed by atoms with Crippen LogP contribution < -0.4 is 5.32 Å². The van der Waals surface area contributed by atoms with E-state index in [4.69, 9.17) is 0 Å². The lowest BCUT2D eigenvalue weighted by atomic mass is 9.93. The Kier molecular flexibility index (Phi) is 4.38. The van der Waals surface area contributed by atoms with Gasteiger partial charge >= 0.3 is 6.03 Å². The molecule has 3 amide bonds. The number of urea groups is 1. The monoisotopic (exact) mass is 322 g/mol. The molecule has 0 spiro atoms. The van der Waals surface area contributed by atoms with Crippen molar-refractivity contribution in [3.8, 4) is 0 Å². The minimum Gasteiger partial charge on any atom is -0.323 e. The van der Waals surface area contributed by atoms with E-state index in [0.717, 1.165) is 23.1 Å². The molecule has 1 fully saturated rings. The van der Waals surface area contributed by atoms with Crippen molar-refractivity contribution >= 4 is 11.9 Å². The first-order valence-electron chi connectivity index (χ1n) is 8.22. The van der Waals surface area contributed by atoms with Crippen LogP contribution in [0.5, 0.6) is 0 Å². The first-order chi connectivity index (χ1) is 11.5. The van der Waals surface area contributed by atoms with Crippen molar-refractivity contribution in [1.29, 1.82) is 0 Å². The molecule has 1 heterocycles. The fourth-order valence-corrected chi connectivity index (χ4v) is 3.06. The van der Waals surface area contributed by atoms with Crippen molar-refractivity contribution < 1.29 is 9.59 Å². The molecule has 4 heteroatoms. The SMILES string of the molecule is Cc1ccccc1CN1C(=O)N[C@@](C)(CCc2ccccc2)C1=O. The lowest BCUT2D eigenvalue weighted by molar-refractivity contribution is -0.131. The summed E-state index contributed by atoms with van der Waals surface area (Å²) in [5, 5.41) is 2.88. The number of hydrogen-bond acceptors (Lipinski definition) is 2. The van der Waals surface area contributed by atoms with Crippen molar-refractivity contribution in [2.45, 2.75) is 38.8 Å². The fraction of sp³-hybridized carbons (Fsp3) is 0.300. The molecule has 0 aliphatic carbocycles. The number of carbonyl (C=O) groups is 2. The minimum atomic E-state index is -0.838. The molecule has 0 unspecified atom stereocenters. The summed E-state index contributed by atoms with van der Waals surface area (Å²) in [6, 6.07) is 17.5. The Hall–Kier alpha value is -2.62. The summed E-state index contributed by atoms with van der Waals surface area (Å²) in [5.74, 6) is -0.147. The summed E-state index contributed by atoms with van der Waals surface area (Å²) in [4.78, 5) is 26.5. The number of carbonyl (C=O) groups excluding carboxylic acids is 2. The molecule has 0 saturated carbocycles. The second-order valence-electron chi connectivity index (χ2n) is 6.57.